The first-order valence-corrected chi connectivity index (χ1v) is 7.25. The predicted octanol–water partition coefficient (Wildman–Crippen LogP) is 4.29. The number of ether oxygens (including phenoxy) is 1. The van der Waals surface area contributed by atoms with Gasteiger partial charge in [0.15, 0.2) is 0 Å². The number of rotatable bonds is 3. The van der Waals surface area contributed by atoms with Crippen molar-refractivity contribution >= 4 is 22.3 Å². The Bertz CT molecular complexity index is 379. The van der Waals surface area contributed by atoms with E-state index in [9.17, 15) is 9.18 Å². The molecule has 0 saturated heterocycles. The molecule has 116 valence electrons. The van der Waals surface area contributed by atoms with Crippen LogP contribution in [0.1, 0.15) is 40.2 Å². The molecule has 1 rings (SSSR count). The molecule has 0 unspecified atom stereocenters. The van der Waals surface area contributed by atoms with Crippen molar-refractivity contribution < 1.29 is 13.9 Å². The Hall–Kier alpha value is -0.940. The van der Waals surface area contributed by atoms with Crippen LogP contribution in [0, 0.1) is 5.82 Å². The molecular weight excluding hydrogens is 325 g/mol. The molecule has 0 aliphatic heterocycles. The zero-order valence-corrected chi connectivity index (χ0v) is 14.7. The van der Waals surface area contributed by atoms with Crippen molar-refractivity contribution in [2.75, 3.05) is 7.11 Å². The summed E-state index contributed by atoms with van der Waals surface area (Å²) >= 11 is 3.13. The van der Waals surface area contributed by atoms with Crippen molar-refractivity contribution in [3.05, 3.63) is 34.1 Å². The Balaban J connectivity index is 0. The van der Waals surface area contributed by atoms with E-state index in [4.69, 9.17) is 4.74 Å². The van der Waals surface area contributed by atoms with E-state index in [1.54, 1.807) is 19.2 Å². The number of carbonyl (C=O) groups is 1. The highest BCUT2D eigenvalue weighted by atomic mass is 79.9. The van der Waals surface area contributed by atoms with E-state index in [-0.39, 0.29) is 18.0 Å². The molecular formula is C15H25BrFNO2. The lowest BCUT2D eigenvalue weighted by Gasteiger charge is -2.14. The second-order valence-electron chi connectivity index (χ2n) is 4.55. The Morgan fingerprint density at radius 1 is 1.35 bits per heavy atom. The van der Waals surface area contributed by atoms with Gasteiger partial charge in [-0.1, -0.05) is 35.8 Å². The van der Waals surface area contributed by atoms with E-state index in [0.717, 1.165) is 0 Å². The van der Waals surface area contributed by atoms with Gasteiger partial charge in [-0.05, 0) is 32.9 Å². The van der Waals surface area contributed by atoms with Gasteiger partial charge in [-0.3, -0.25) is 4.79 Å². The number of hydrogen-bond acceptors (Lipinski definition) is 2. The summed E-state index contributed by atoms with van der Waals surface area (Å²) in [6.45, 7) is 10.3. The van der Waals surface area contributed by atoms with Crippen LogP contribution in [-0.4, -0.2) is 19.1 Å². The minimum atomic E-state index is -0.321. The Labute approximate surface area is 130 Å². The van der Waals surface area contributed by atoms with Crippen LogP contribution < -0.4 is 5.32 Å². The van der Waals surface area contributed by atoms with Crippen LogP contribution in [0.25, 0.3) is 0 Å². The van der Waals surface area contributed by atoms with Crippen LogP contribution in [0.2, 0.25) is 0 Å². The minimum Gasteiger partial charge on any atom is -0.379 e. The lowest BCUT2D eigenvalue weighted by atomic mass is 10.2. The smallest absolute Gasteiger partial charge is 0.207 e. The first-order chi connectivity index (χ1) is 9.30. The molecule has 3 nitrogen and oxygen atoms in total. The molecule has 0 aromatic heterocycles. The molecule has 20 heavy (non-hydrogen) atoms. The quantitative estimate of drug-likeness (QED) is 0.826. The SMILES string of the molecule is CC.COC(C)(C)C.O=CNCc1ccc(Br)cc1F. The third-order valence-electron chi connectivity index (χ3n) is 2.00. The van der Waals surface area contributed by atoms with Crippen molar-refractivity contribution in [2.45, 2.75) is 46.8 Å². The third-order valence-corrected chi connectivity index (χ3v) is 2.50. The maximum Gasteiger partial charge on any atom is 0.207 e. The van der Waals surface area contributed by atoms with E-state index >= 15 is 0 Å². The lowest BCUT2D eigenvalue weighted by molar-refractivity contribution is -0.109. The standard InChI is InChI=1S/C8H7BrFNO.C5H12O.C2H6/c9-7-2-1-6(4-11-5-12)8(10)3-7;1-5(2,3)6-4;1-2/h1-3,5H,4H2,(H,11,12);1-4H3;1-2H3. The average molecular weight is 350 g/mol. The Morgan fingerprint density at radius 2 is 1.85 bits per heavy atom. The number of carbonyl (C=O) groups excluding carboxylic acids is 1. The summed E-state index contributed by atoms with van der Waals surface area (Å²) in [4.78, 5) is 9.91. The summed E-state index contributed by atoms with van der Waals surface area (Å²) in [6, 6.07) is 4.71. The summed E-state index contributed by atoms with van der Waals surface area (Å²) in [6.07, 6.45) is 0.543. The van der Waals surface area contributed by atoms with Crippen LogP contribution in [0.15, 0.2) is 22.7 Å². The number of amides is 1. The normalized spacial score (nSPS) is 9.60. The van der Waals surface area contributed by atoms with Crippen LogP contribution in [0.5, 0.6) is 0 Å². The lowest BCUT2D eigenvalue weighted by Crippen LogP contribution is -2.15. The molecule has 0 heterocycles. The zero-order chi connectivity index (χ0) is 16.2. The number of nitrogens with one attached hydrogen (secondary N) is 1. The van der Waals surface area contributed by atoms with E-state index < -0.39 is 0 Å². The molecule has 0 radical (unpaired) electrons. The monoisotopic (exact) mass is 349 g/mol. The summed E-state index contributed by atoms with van der Waals surface area (Å²) in [5.74, 6) is -0.321. The van der Waals surface area contributed by atoms with Crippen LogP contribution >= 0.6 is 15.9 Å². The minimum absolute atomic E-state index is 0.0417. The molecule has 1 amide bonds. The first-order valence-electron chi connectivity index (χ1n) is 6.46. The number of hydrogen-bond donors (Lipinski definition) is 1. The molecule has 0 bridgehead atoms. The van der Waals surface area contributed by atoms with Crippen molar-refractivity contribution in [2.24, 2.45) is 0 Å². The van der Waals surface area contributed by atoms with E-state index in [2.05, 4.69) is 21.2 Å². The molecule has 1 aromatic carbocycles. The fourth-order valence-electron chi connectivity index (χ4n) is 0.817. The summed E-state index contributed by atoms with van der Waals surface area (Å²) < 4.78 is 18.6. The van der Waals surface area contributed by atoms with Gasteiger partial charge in [0, 0.05) is 23.7 Å². The molecule has 0 aliphatic rings. The van der Waals surface area contributed by atoms with Crippen LogP contribution in [0.3, 0.4) is 0 Å². The molecule has 0 spiro atoms. The van der Waals surface area contributed by atoms with Gasteiger partial charge in [-0.15, -0.1) is 0 Å². The van der Waals surface area contributed by atoms with Crippen molar-refractivity contribution in [3.63, 3.8) is 0 Å². The van der Waals surface area contributed by atoms with Crippen LogP contribution in [-0.2, 0) is 16.1 Å². The highest BCUT2D eigenvalue weighted by Gasteiger charge is 2.04. The molecule has 5 heteroatoms. The highest BCUT2D eigenvalue weighted by molar-refractivity contribution is 9.10. The van der Waals surface area contributed by atoms with Crippen molar-refractivity contribution in [1.82, 2.24) is 5.32 Å². The Kier molecular flexibility index (Phi) is 12.7. The summed E-state index contributed by atoms with van der Waals surface area (Å²) in [7, 11) is 1.71. The highest BCUT2D eigenvalue weighted by Crippen LogP contribution is 2.14. The molecule has 1 aromatic rings. The number of benzene rings is 1. The van der Waals surface area contributed by atoms with Crippen molar-refractivity contribution in [1.29, 1.82) is 0 Å². The van der Waals surface area contributed by atoms with Gasteiger partial charge in [0.05, 0.1) is 5.60 Å². The molecule has 0 saturated carbocycles. The van der Waals surface area contributed by atoms with Gasteiger partial charge >= 0.3 is 0 Å². The first kappa shape index (κ1) is 21.4. The maximum atomic E-state index is 13.0. The summed E-state index contributed by atoms with van der Waals surface area (Å²) in [5.41, 5.74) is 0.519. The molecule has 1 N–H and O–H groups in total. The van der Waals surface area contributed by atoms with Gasteiger partial charge in [0.25, 0.3) is 0 Å². The van der Waals surface area contributed by atoms with Gasteiger partial charge in [-0.2, -0.15) is 0 Å². The molecule has 0 fully saturated rings. The second kappa shape index (κ2) is 11.9. The topological polar surface area (TPSA) is 38.3 Å². The summed E-state index contributed by atoms with van der Waals surface area (Å²) in [5, 5.41) is 2.39. The van der Waals surface area contributed by atoms with Gasteiger partial charge in [-0.25, -0.2) is 4.39 Å². The Morgan fingerprint density at radius 3 is 2.20 bits per heavy atom. The average Bonchev–Trinajstić information content (AvgIpc) is 2.40. The molecule has 0 atom stereocenters. The largest absolute Gasteiger partial charge is 0.379 e. The molecule has 0 aliphatic carbocycles. The van der Waals surface area contributed by atoms with E-state index in [1.807, 2.05) is 34.6 Å². The number of methoxy groups -OCH3 is 1. The van der Waals surface area contributed by atoms with E-state index in [0.29, 0.717) is 16.4 Å². The maximum absolute atomic E-state index is 13.0. The van der Waals surface area contributed by atoms with Crippen LogP contribution in [0.4, 0.5) is 4.39 Å². The van der Waals surface area contributed by atoms with Gasteiger partial charge < -0.3 is 10.1 Å². The van der Waals surface area contributed by atoms with Gasteiger partial charge in [0.1, 0.15) is 5.82 Å². The van der Waals surface area contributed by atoms with E-state index in [1.165, 1.54) is 6.07 Å². The fourth-order valence-corrected chi connectivity index (χ4v) is 1.15. The predicted molar refractivity (Wildman–Crippen MR) is 85.1 cm³/mol. The third kappa shape index (κ3) is 12.1. The van der Waals surface area contributed by atoms with Crippen molar-refractivity contribution in [3.8, 4) is 0 Å². The van der Waals surface area contributed by atoms with Gasteiger partial charge in [0.2, 0.25) is 6.41 Å². The number of halogens is 2. The second-order valence-corrected chi connectivity index (χ2v) is 5.47. The fraction of sp³-hybridized carbons (Fsp3) is 0.533. The zero-order valence-electron chi connectivity index (χ0n) is 13.1.